The van der Waals surface area contributed by atoms with E-state index in [1.807, 2.05) is 13.8 Å². The summed E-state index contributed by atoms with van der Waals surface area (Å²) in [6.07, 6.45) is 1.91. The number of nitrogens with one attached hydrogen (secondary N) is 2. The zero-order valence-electron chi connectivity index (χ0n) is 10.3. The minimum Gasteiger partial charge on any atom is -0.481 e. The summed E-state index contributed by atoms with van der Waals surface area (Å²) < 4.78 is 0. The van der Waals surface area contributed by atoms with Gasteiger partial charge in [0.15, 0.2) is 0 Å². The summed E-state index contributed by atoms with van der Waals surface area (Å²) in [7, 11) is 0. The van der Waals surface area contributed by atoms with E-state index in [0.29, 0.717) is 12.8 Å². The summed E-state index contributed by atoms with van der Waals surface area (Å²) in [5.41, 5.74) is 0. The molecule has 0 spiro atoms. The first-order valence-corrected chi connectivity index (χ1v) is 5.77. The molecule has 98 valence electrons. The predicted molar refractivity (Wildman–Crippen MR) is 62.5 cm³/mol. The van der Waals surface area contributed by atoms with Crippen LogP contribution in [0.25, 0.3) is 0 Å². The second kappa shape index (κ2) is 8.55. The molecule has 6 heteroatoms. The third-order valence-electron chi connectivity index (χ3n) is 2.29. The van der Waals surface area contributed by atoms with E-state index in [1.54, 1.807) is 0 Å². The fourth-order valence-corrected chi connectivity index (χ4v) is 1.11. The lowest BCUT2D eigenvalue weighted by Gasteiger charge is -2.11. The minimum absolute atomic E-state index is 0.0230. The van der Waals surface area contributed by atoms with Crippen LogP contribution in [0.3, 0.4) is 0 Å². The fraction of sp³-hybridized carbons (Fsp3) is 0.727. The van der Waals surface area contributed by atoms with E-state index in [9.17, 15) is 14.4 Å². The van der Waals surface area contributed by atoms with Gasteiger partial charge >= 0.3 is 12.0 Å². The number of hydrogen-bond acceptors (Lipinski definition) is 3. The SMILES string of the molecule is CCC(C)NC(=O)NC(=O)CCCCC(=O)O. The van der Waals surface area contributed by atoms with E-state index >= 15 is 0 Å². The van der Waals surface area contributed by atoms with E-state index in [2.05, 4.69) is 10.6 Å². The van der Waals surface area contributed by atoms with Crippen molar-refractivity contribution in [2.75, 3.05) is 0 Å². The van der Waals surface area contributed by atoms with Gasteiger partial charge in [0, 0.05) is 18.9 Å². The highest BCUT2D eigenvalue weighted by atomic mass is 16.4. The quantitative estimate of drug-likeness (QED) is 0.587. The molecule has 0 aromatic rings. The summed E-state index contributed by atoms with van der Waals surface area (Å²) >= 11 is 0. The summed E-state index contributed by atoms with van der Waals surface area (Å²) in [5, 5.41) is 13.2. The first-order chi connectivity index (χ1) is 7.95. The van der Waals surface area contributed by atoms with Gasteiger partial charge in [-0.05, 0) is 26.2 Å². The van der Waals surface area contributed by atoms with Gasteiger partial charge in [0.05, 0.1) is 0 Å². The van der Waals surface area contributed by atoms with Crippen LogP contribution in [0.1, 0.15) is 46.0 Å². The van der Waals surface area contributed by atoms with Crippen LogP contribution in [0.15, 0.2) is 0 Å². The number of unbranched alkanes of at least 4 members (excludes halogenated alkanes) is 1. The molecule has 0 radical (unpaired) electrons. The molecule has 0 aromatic heterocycles. The maximum absolute atomic E-state index is 11.2. The molecule has 0 aromatic carbocycles. The lowest BCUT2D eigenvalue weighted by molar-refractivity contribution is -0.137. The fourth-order valence-electron chi connectivity index (χ4n) is 1.11. The van der Waals surface area contributed by atoms with Crippen molar-refractivity contribution in [3.63, 3.8) is 0 Å². The van der Waals surface area contributed by atoms with Crippen LogP contribution in [-0.4, -0.2) is 29.1 Å². The van der Waals surface area contributed by atoms with Crippen LogP contribution in [0, 0.1) is 0 Å². The van der Waals surface area contributed by atoms with Gasteiger partial charge in [0.25, 0.3) is 0 Å². The molecule has 1 unspecified atom stereocenters. The van der Waals surface area contributed by atoms with Crippen molar-refractivity contribution in [3.8, 4) is 0 Å². The number of carboxylic acids is 1. The van der Waals surface area contributed by atoms with Gasteiger partial charge < -0.3 is 10.4 Å². The Morgan fingerprint density at radius 3 is 2.29 bits per heavy atom. The third-order valence-corrected chi connectivity index (χ3v) is 2.29. The molecule has 0 heterocycles. The lowest BCUT2D eigenvalue weighted by Crippen LogP contribution is -2.43. The van der Waals surface area contributed by atoms with Crippen molar-refractivity contribution in [3.05, 3.63) is 0 Å². The average Bonchev–Trinajstić information content (AvgIpc) is 2.23. The zero-order valence-corrected chi connectivity index (χ0v) is 10.3. The van der Waals surface area contributed by atoms with Crippen molar-refractivity contribution in [2.45, 2.75) is 52.0 Å². The van der Waals surface area contributed by atoms with Crippen LogP contribution < -0.4 is 10.6 Å². The number of hydrogen-bond donors (Lipinski definition) is 3. The Morgan fingerprint density at radius 1 is 1.18 bits per heavy atom. The Morgan fingerprint density at radius 2 is 1.76 bits per heavy atom. The minimum atomic E-state index is -0.875. The normalized spacial score (nSPS) is 11.6. The second-order valence-corrected chi connectivity index (χ2v) is 3.93. The molecule has 0 aliphatic carbocycles. The molecular weight excluding hydrogens is 224 g/mol. The van der Waals surface area contributed by atoms with Gasteiger partial charge in [-0.25, -0.2) is 4.79 Å². The average molecular weight is 244 g/mol. The van der Waals surface area contributed by atoms with E-state index in [1.165, 1.54) is 0 Å². The molecule has 0 saturated heterocycles. The highest BCUT2D eigenvalue weighted by Gasteiger charge is 2.09. The Labute approximate surface area is 101 Å². The number of amides is 3. The van der Waals surface area contributed by atoms with Gasteiger partial charge in [0.2, 0.25) is 5.91 Å². The largest absolute Gasteiger partial charge is 0.481 e. The molecule has 0 aliphatic heterocycles. The van der Waals surface area contributed by atoms with E-state index in [-0.39, 0.29) is 24.8 Å². The van der Waals surface area contributed by atoms with Gasteiger partial charge in [-0.2, -0.15) is 0 Å². The molecule has 0 rings (SSSR count). The molecule has 3 amide bonds. The highest BCUT2D eigenvalue weighted by Crippen LogP contribution is 1.99. The molecule has 6 nitrogen and oxygen atoms in total. The Kier molecular flexibility index (Phi) is 7.75. The van der Waals surface area contributed by atoms with Gasteiger partial charge in [-0.3, -0.25) is 14.9 Å². The summed E-state index contributed by atoms with van der Waals surface area (Å²) in [5.74, 6) is -1.25. The molecule has 0 aliphatic rings. The molecule has 0 bridgehead atoms. The highest BCUT2D eigenvalue weighted by molar-refractivity contribution is 5.94. The summed E-state index contributed by atoms with van der Waals surface area (Å²) in [6, 6.07) is -0.475. The Balaban J connectivity index is 3.64. The zero-order chi connectivity index (χ0) is 13.3. The first-order valence-electron chi connectivity index (χ1n) is 5.77. The molecule has 1 atom stereocenters. The molecule has 0 fully saturated rings. The molecular formula is C11H20N2O4. The number of imide groups is 1. The van der Waals surface area contributed by atoms with E-state index in [0.717, 1.165) is 6.42 Å². The van der Waals surface area contributed by atoms with Crippen LogP contribution in [0.5, 0.6) is 0 Å². The molecule has 17 heavy (non-hydrogen) atoms. The number of carboxylic acid groups (broad SMARTS) is 1. The van der Waals surface area contributed by atoms with Gasteiger partial charge in [0.1, 0.15) is 0 Å². The van der Waals surface area contributed by atoms with Crippen LogP contribution in [-0.2, 0) is 9.59 Å². The van der Waals surface area contributed by atoms with E-state index < -0.39 is 12.0 Å². The number of rotatable bonds is 7. The maximum Gasteiger partial charge on any atom is 0.321 e. The van der Waals surface area contributed by atoms with Crippen molar-refractivity contribution >= 4 is 17.9 Å². The summed E-state index contributed by atoms with van der Waals surface area (Å²) in [4.78, 5) is 32.7. The smallest absolute Gasteiger partial charge is 0.321 e. The molecule has 0 saturated carbocycles. The van der Waals surface area contributed by atoms with Crippen molar-refractivity contribution in [1.29, 1.82) is 0 Å². The third kappa shape index (κ3) is 9.35. The van der Waals surface area contributed by atoms with Crippen LogP contribution in [0.2, 0.25) is 0 Å². The summed E-state index contributed by atoms with van der Waals surface area (Å²) in [6.45, 7) is 3.77. The number of carbonyl (C=O) groups is 3. The topological polar surface area (TPSA) is 95.5 Å². The van der Waals surface area contributed by atoms with Gasteiger partial charge in [-0.15, -0.1) is 0 Å². The van der Waals surface area contributed by atoms with Crippen LogP contribution >= 0.6 is 0 Å². The predicted octanol–water partition coefficient (Wildman–Crippen LogP) is 1.26. The van der Waals surface area contributed by atoms with Crippen LogP contribution in [0.4, 0.5) is 4.79 Å². The maximum atomic E-state index is 11.2. The lowest BCUT2D eigenvalue weighted by atomic mass is 10.2. The van der Waals surface area contributed by atoms with Crippen molar-refractivity contribution in [1.82, 2.24) is 10.6 Å². The first kappa shape index (κ1) is 15.4. The number of urea groups is 1. The van der Waals surface area contributed by atoms with Gasteiger partial charge in [-0.1, -0.05) is 6.92 Å². The number of aliphatic carboxylic acids is 1. The standard InChI is InChI=1S/C11H20N2O4/c1-3-8(2)12-11(17)13-9(14)6-4-5-7-10(15)16/h8H,3-7H2,1-2H3,(H,15,16)(H2,12,13,14,17). The Hall–Kier alpha value is -1.59. The van der Waals surface area contributed by atoms with Crippen molar-refractivity contribution < 1.29 is 19.5 Å². The Bertz CT molecular complexity index is 279. The van der Waals surface area contributed by atoms with Crippen molar-refractivity contribution in [2.24, 2.45) is 0 Å². The number of carbonyl (C=O) groups excluding carboxylic acids is 2. The second-order valence-electron chi connectivity index (χ2n) is 3.93. The monoisotopic (exact) mass is 244 g/mol. The molecule has 3 N–H and O–H groups in total. The van der Waals surface area contributed by atoms with E-state index in [4.69, 9.17) is 5.11 Å².